The number of piperidine rings is 1. The molecule has 9 nitrogen and oxygen atoms in total. The predicted molar refractivity (Wildman–Crippen MR) is 158 cm³/mol. The molecule has 0 radical (unpaired) electrons. The summed E-state index contributed by atoms with van der Waals surface area (Å²) in [6, 6.07) is 28.9. The smallest absolute Gasteiger partial charge is 0.258 e. The number of rotatable bonds is 8. The van der Waals surface area contributed by atoms with Gasteiger partial charge in [-0.25, -0.2) is 4.98 Å². The summed E-state index contributed by atoms with van der Waals surface area (Å²) in [6.45, 7) is 2.97. The minimum absolute atomic E-state index is 0.108. The number of benzene rings is 3. The van der Waals surface area contributed by atoms with Gasteiger partial charge in [0.1, 0.15) is 5.82 Å². The van der Waals surface area contributed by atoms with Crippen LogP contribution in [0.2, 0.25) is 0 Å². The molecule has 1 aliphatic rings. The zero-order valence-corrected chi connectivity index (χ0v) is 22.9. The van der Waals surface area contributed by atoms with Crippen LogP contribution in [0.25, 0.3) is 33.7 Å². The van der Waals surface area contributed by atoms with Gasteiger partial charge in [0.05, 0.1) is 5.52 Å². The van der Waals surface area contributed by atoms with Crippen molar-refractivity contribution in [2.24, 2.45) is 0 Å². The van der Waals surface area contributed by atoms with Crippen molar-refractivity contribution in [3.8, 4) is 11.4 Å². The lowest BCUT2D eigenvalue weighted by atomic mass is 10.0. The van der Waals surface area contributed by atoms with Crippen LogP contribution in [0.3, 0.4) is 0 Å². The monoisotopic (exact) mass is 544 g/mol. The van der Waals surface area contributed by atoms with Crippen LogP contribution in [0.4, 0.5) is 0 Å². The highest BCUT2D eigenvalue weighted by Crippen LogP contribution is 2.25. The van der Waals surface area contributed by atoms with Gasteiger partial charge in [-0.3, -0.25) is 14.1 Å². The number of nitrogens with zero attached hydrogens (tertiary/aromatic N) is 7. The van der Waals surface area contributed by atoms with Gasteiger partial charge in [0, 0.05) is 49.5 Å². The van der Waals surface area contributed by atoms with E-state index in [0.29, 0.717) is 30.9 Å². The first kappa shape index (κ1) is 25.3. The lowest BCUT2D eigenvalue weighted by Gasteiger charge is -2.32. The Morgan fingerprint density at radius 1 is 0.878 bits per heavy atom. The molecule has 1 fully saturated rings. The van der Waals surface area contributed by atoms with Crippen LogP contribution < -0.4 is 5.32 Å². The van der Waals surface area contributed by atoms with Crippen molar-refractivity contribution in [3.05, 3.63) is 96.3 Å². The van der Waals surface area contributed by atoms with Gasteiger partial charge in [-0.05, 0) is 37.0 Å². The van der Waals surface area contributed by atoms with Gasteiger partial charge in [-0.15, -0.1) is 15.3 Å². The summed E-state index contributed by atoms with van der Waals surface area (Å²) in [4.78, 5) is 20.1. The van der Waals surface area contributed by atoms with Gasteiger partial charge in [0.2, 0.25) is 5.91 Å². The second-order valence-corrected chi connectivity index (χ2v) is 10.8. The minimum Gasteiger partial charge on any atom is -0.353 e. The summed E-state index contributed by atoms with van der Waals surface area (Å²) in [5.74, 6) is 2.19. The second-order valence-electron chi connectivity index (χ2n) is 10.8. The van der Waals surface area contributed by atoms with Crippen LogP contribution in [-0.4, -0.2) is 59.1 Å². The summed E-state index contributed by atoms with van der Waals surface area (Å²) < 4.78 is 3.82. The number of likely N-dealkylation sites (tertiary alicyclic amines) is 1. The number of nitrogens with one attached hydrogen (secondary N) is 1. The van der Waals surface area contributed by atoms with Gasteiger partial charge < -0.3 is 5.32 Å². The lowest BCUT2D eigenvalue weighted by molar-refractivity contribution is -0.122. The summed E-state index contributed by atoms with van der Waals surface area (Å²) in [7, 11) is 0. The van der Waals surface area contributed by atoms with Crippen LogP contribution in [-0.2, 0) is 17.8 Å². The number of hydrogen-bond donors (Lipinski definition) is 1. The SMILES string of the molecule is O=C(CCCc1nnc2n3nc(-c4ccccc4)nc3c3ccccc3n12)NC1CCN(Cc2ccccc2)CC1. The third kappa shape index (κ3) is 5.16. The molecule has 1 amide bonds. The first-order chi connectivity index (χ1) is 20.2. The minimum atomic E-state index is 0.108. The molecule has 4 heterocycles. The Kier molecular flexibility index (Phi) is 6.86. The van der Waals surface area contributed by atoms with Crippen LogP contribution in [0.5, 0.6) is 0 Å². The number of para-hydroxylation sites is 1. The van der Waals surface area contributed by atoms with E-state index in [1.54, 1.807) is 4.52 Å². The summed E-state index contributed by atoms with van der Waals surface area (Å²) >= 11 is 0. The fraction of sp³-hybridized carbons (Fsp3) is 0.281. The van der Waals surface area contributed by atoms with E-state index in [9.17, 15) is 4.79 Å². The van der Waals surface area contributed by atoms with Crippen molar-refractivity contribution in [1.82, 2.24) is 39.4 Å². The molecule has 1 aliphatic heterocycles. The van der Waals surface area contributed by atoms with Crippen LogP contribution in [0.1, 0.15) is 37.1 Å². The normalized spacial score (nSPS) is 14.7. The molecule has 0 unspecified atom stereocenters. The Bertz CT molecular complexity index is 1800. The van der Waals surface area contributed by atoms with Crippen LogP contribution in [0, 0.1) is 0 Å². The first-order valence-electron chi connectivity index (χ1n) is 14.4. The van der Waals surface area contributed by atoms with E-state index in [-0.39, 0.29) is 11.9 Å². The molecule has 7 rings (SSSR count). The molecule has 0 atom stereocenters. The molecular weight excluding hydrogens is 512 g/mol. The molecule has 1 N–H and O–H groups in total. The van der Waals surface area contributed by atoms with Gasteiger partial charge in [0.25, 0.3) is 5.78 Å². The molecule has 6 aromatic rings. The Morgan fingerprint density at radius 3 is 2.41 bits per heavy atom. The van der Waals surface area contributed by atoms with Gasteiger partial charge >= 0.3 is 0 Å². The fourth-order valence-electron chi connectivity index (χ4n) is 5.83. The topological polar surface area (TPSA) is 92.7 Å². The molecule has 9 heteroatoms. The van der Waals surface area contributed by atoms with E-state index in [4.69, 9.17) is 10.1 Å². The maximum absolute atomic E-state index is 12.8. The highest BCUT2D eigenvalue weighted by molar-refractivity contribution is 5.94. The van der Waals surface area contributed by atoms with Gasteiger partial charge in [-0.2, -0.15) is 4.52 Å². The van der Waals surface area contributed by atoms with Gasteiger partial charge in [-0.1, -0.05) is 72.8 Å². The maximum atomic E-state index is 12.8. The van der Waals surface area contributed by atoms with Crippen molar-refractivity contribution in [2.75, 3.05) is 13.1 Å². The zero-order valence-electron chi connectivity index (χ0n) is 22.9. The van der Waals surface area contributed by atoms with Crippen molar-refractivity contribution in [1.29, 1.82) is 0 Å². The molecule has 0 bridgehead atoms. The Morgan fingerprint density at radius 2 is 1.61 bits per heavy atom. The Labute approximate surface area is 237 Å². The number of aryl methyl sites for hydroxylation is 1. The molecule has 0 saturated carbocycles. The molecule has 0 spiro atoms. The highest BCUT2D eigenvalue weighted by Gasteiger charge is 2.21. The fourth-order valence-corrected chi connectivity index (χ4v) is 5.83. The predicted octanol–water partition coefficient (Wildman–Crippen LogP) is 4.70. The number of carbonyl (C=O) groups excluding carboxylic acids is 1. The van der Waals surface area contributed by atoms with Crippen molar-refractivity contribution in [2.45, 2.75) is 44.7 Å². The molecule has 41 heavy (non-hydrogen) atoms. The van der Waals surface area contributed by atoms with Crippen molar-refractivity contribution in [3.63, 3.8) is 0 Å². The Balaban J connectivity index is 1.02. The van der Waals surface area contributed by atoms with Crippen molar-refractivity contribution < 1.29 is 4.79 Å². The quantitative estimate of drug-likeness (QED) is 0.299. The number of hydrogen-bond acceptors (Lipinski definition) is 6. The number of carbonyl (C=O) groups is 1. The van der Waals surface area contributed by atoms with E-state index in [0.717, 1.165) is 60.4 Å². The molecule has 3 aromatic heterocycles. The molecule has 206 valence electrons. The van der Waals surface area contributed by atoms with Crippen LogP contribution >= 0.6 is 0 Å². The lowest BCUT2D eigenvalue weighted by Crippen LogP contribution is -2.44. The number of fused-ring (bicyclic) bond motifs is 6. The Hall–Kier alpha value is -4.63. The average molecular weight is 545 g/mol. The summed E-state index contributed by atoms with van der Waals surface area (Å²) in [6.07, 6.45) is 3.76. The largest absolute Gasteiger partial charge is 0.353 e. The molecular formula is C32H32N8O. The second kappa shape index (κ2) is 11.1. The molecule has 0 aliphatic carbocycles. The zero-order chi connectivity index (χ0) is 27.6. The number of amides is 1. The third-order valence-electron chi connectivity index (χ3n) is 7.93. The van der Waals surface area contributed by atoms with Crippen molar-refractivity contribution >= 4 is 28.2 Å². The number of aromatic nitrogens is 6. The molecule has 3 aromatic carbocycles. The standard InChI is InChI=1S/C32H32N8O/c41-29(33-25-18-20-38(21-19-25)22-23-10-3-1-4-11-23)17-9-16-28-35-36-32-39(28)27-15-8-7-14-26(27)31-34-30(37-40(31)32)24-12-5-2-6-13-24/h1-8,10-15,25H,9,16-22H2,(H,33,41). The highest BCUT2D eigenvalue weighted by atomic mass is 16.1. The third-order valence-corrected chi connectivity index (χ3v) is 7.93. The van der Waals surface area contributed by atoms with E-state index in [1.807, 2.05) is 46.9 Å². The maximum Gasteiger partial charge on any atom is 0.258 e. The molecule has 1 saturated heterocycles. The van der Waals surface area contributed by atoms with E-state index >= 15 is 0 Å². The van der Waals surface area contributed by atoms with E-state index in [2.05, 4.69) is 62.9 Å². The van der Waals surface area contributed by atoms with Crippen LogP contribution in [0.15, 0.2) is 84.9 Å². The van der Waals surface area contributed by atoms with Gasteiger partial charge in [0.15, 0.2) is 11.5 Å². The van der Waals surface area contributed by atoms with E-state index in [1.165, 1.54) is 5.56 Å². The summed E-state index contributed by atoms with van der Waals surface area (Å²) in [5.41, 5.74) is 4.02. The van der Waals surface area contributed by atoms with E-state index < -0.39 is 0 Å². The summed E-state index contributed by atoms with van der Waals surface area (Å²) in [5, 5.41) is 18.1. The average Bonchev–Trinajstić information content (AvgIpc) is 3.65. The first-order valence-corrected chi connectivity index (χ1v) is 14.4.